The van der Waals surface area contributed by atoms with Gasteiger partial charge in [-0.15, -0.1) is 0 Å². The highest BCUT2D eigenvalue weighted by Gasteiger charge is 2.36. The Morgan fingerprint density at radius 2 is 1.94 bits per heavy atom. The lowest BCUT2D eigenvalue weighted by Crippen LogP contribution is -2.30. The Kier molecular flexibility index (Phi) is 6.21. The zero-order chi connectivity index (χ0) is 23.8. The number of aromatic nitrogens is 1. The van der Waals surface area contributed by atoms with Crippen molar-refractivity contribution in [1.82, 2.24) is 10.3 Å². The molecule has 2 aromatic carbocycles. The number of benzene rings is 2. The molecule has 8 heteroatoms. The maximum absolute atomic E-state index is 13.7. The topological polar surface area (TPSA) is 62.2 Å². The van der Waals surface area contributed by atoms with Crippen molar-refractivity contribution < 1.29 is 27.5 Å². The summed E-state index contributed by atoms with van der Waals surface area (Å²) < 4.78 is 54.1. The Bertz CT molecular complexity index is 1190. The van der Waals surface area contributed by atoms with Crippen molar-refractivity contribution >= 4 is 5.91 Å². The van der Waals surface area contributed by atoms with E-state index in [1.807, 2.05) is 0 Å². The van der Waals surface area contributed by atoms with E-state index in [2.05, 4.69) is 10.3 Å². The maximum Gasteiger partial charge on any atom is 0.433 e. The number of halogens is 4. The van der Waals surface area contributed by atoms with Crippen LogP contribution >= 0.6 is 0 Å². The summed E-state index contributed by atoms with van der Waals surface area (Å²) in [6, 6.07) is 11.2. The number of pyridine rings is 1. The highest BCUT2D eigenvalue weighted by molar-refractivity contribution is 5.96. The molecule has 1 amide bonds. The van der Waals surface area contributed by atoms with Gasteiger partial charge in [-0.3, -0.25) is 9.78 Å². The lowest BCUT2D eigenvalue weighted by molar-refractivity contribution is -0.140. The molecule has 1 atom stereocenters. The van der Waals surface area contributed by atoms with E-state index < -0.39 is 24.4 Å². The molecule has 2 N–H and O–H groups in total. The molecule has 4 rings (SSSR count). The van der Waals surface area contributed by atoms with Crippen LogP contribution < -0.4 is 5.32 Å². The Morgan fingerprint density at radius 3 is 2.58 bits per heavy atom. The largest absolute Gasteiger partial charge is 0.433 e. The van der Waals surface area contributed by atoms with Gasteiger partial charge in [0, 0.05) is 17.3 Å². The molecule has 0 radical (unpaired) electrons. The second kappa shape index (κ2) is 8.94. The zero-order valence-electron chi connectivity index (χ0n) is 17.8. The SMILES string of the molecule is Cc1cc(C(NC(=O)c2cc(CO)cc(-c3cccnc3C(F)(F)F)c2)C2CC2)ccc1F. The second-order valence-corrected chi connectivity index (χ2v) is 8.27. The van der Waals surface area contributed by atoms with E-state index in [9.17, 15) is 27.5 Å². The summed E-state index contributed by atoms with van der Waals surface area (Å²) >= 11 is 0. The minimum Gasteiger partial charge on any atom is -0.392 e. The van der Waals surface area contributed by atoms with Crippen LogP contribution in [0.15, 0.2) is 54.7 Å². The van der Waals surface area contributed by atoms with Crippen molar-refractivity contribution in [2.75, 3.05) is 0 Å². The molecule has 1 unspecified atom stereocenters. The number of hydrogen-bond acceptors (Lipinski definition) is 3. The van der Waals surface area contributed by atoms with Gasteiger partial charge in [-0.2, -0.15) is 13.2 Å². The highest BCUT2D eigenvalue weighted by atomic mass is 19.4. The van der Waals surface area contributed by atoms with Crippen molar-refractivity contribution in [2.45, 2.75) is 38.6 Å². The van der Waals surface area contributed by atoms with Crippen LogP contribution in [-0.4, -0.2) is 16.0 Å². The number of rotatable bonds is 6. The number of carbonyl (C=O) groups is 1. The standard InChI is InChI=1S/C25H22F4N2O2/c1-14-9-17(6-7-21(14)26)22(16-4-5-16)31-24(33)19-11-15(13-32)10-18(12-19)20-3-2-8-30-23(20)25(27,28)29/h2-3,6-12,16,22,32H,4-5,13H2,1H3,(H,31,33). The Labute approximate surface area is 188 Å². The van der Waals surface area contributed by atoms with E-state index >= 15 is 0 Å². The van der Waals surface area contributed by atoms with Gasteiger partial charge in [0.1, 0.15) is 5.82 Å². The third-order valence-electron chi connectivity index (χ3n) is 5.75. The third-order valence-corrected chi connectivity index (χ3v) is 5.75. The Morgan fingerprint density at radius 1 is 1.18 bits per heavy atom. The van der Waals surface area contributed by atoms with E-state index in [4.69, 9.17) is 0 Å². The molecular weight excluding hydrogens is 436 g/mol. The molecule has 0 saturated heterocycles. The number of aryl methyl sites for hydroxylation is 1. The van der Waals surface area contributed by atoms with Crippen molar-refractivity contribution in [1.29, 1.82) is 0 Å². The summed E-state index contributed by atoms with van der Waals surface area (Å²) in [5, 5.41) is 12.6. The minimum atomic E-state index is -4.67. The number of nitrogens with zero attached hydrogens (tertiary/aromatic N) is 1. The number of alkyl halides is 3. The predicted molar refractivity (Wildman–Crippen MR) is 115 cm³/mol. The van der Waals surface area contributed by atoms with Gasteiger partial charge in [-0.1, -0.05) is 18.2 Å². The van der Waals surface area contributed by atoms with Crippen LogP contribution in [0.4, 0.5) is 17.6 Å². The van der Waals surface area contributed by atoms with Crippen molar-refractivity contribution in [3.8, 4) is 11.1 Å². The Hall–Kier alpha value is -3.26. The zero-order valence-corrected chi connectivity index (χ0v) is 17.8. The van der Waals surface area contributed by atoms with Crippen LogP contribution in [0, 0.1) is 18.7 Å². The van der Waals surface area contributed by atoms with E-state index in [-0.39, 0.29) is 34.5 Å². The smallest absolute Gasteiger partial charge is 0.392 e. The Balaban J connectivity index is 1.69. The summed E-state index contributed by atoms with van der Waals surface area (Å²) in [7, 11) is 0. The first kappa shape index (κ1) is 22.9. The summed E-state index contributed by atoms with van der Waals surface area (Å²) in [5.41, 5.74) is 0.551. The van der Waals surface area contributed by atoms with Crippen molar-refractivity contribution in [3.63, 3.8) is 0 Å². The highest BCUT2D eigenvalue weighted by Crippen LogP contribution is 2.42. The van der Waals surface area contributed by atoms with E-state index in [0.717, 1.165) is 24.6 Å². The minimum absolute atomic E-state index is 0.123. The van der Waals surface area contributed by atoms with Crippen molar-refractivity contribution in [2.24, 2.45) is 5.92 Å². The number of carbonyl (C=O) groups excluding carboxylic acids is 1. The molecule has 0 aliphatic heterocycles. The maximum atomic E-state index is 13.7. The second-order valence-electron chi connectivity index (χ2n) is 8.27. The monoisotopic (exact) mass is 458 g/mol. The molecule has 1 aromatic heterocycles. The molecule has 4 nitrogen and oxygen atoms in total. The number of aliphatic hydroxyl groups is 1. The lowest BCUT2D eigenvalue weighted by Gasteiger charge is -2.20. The van der Waals surface area contributed by atoms with Gasteiger partial charge in [0.25, 0.3) is 5.91 Å². The van der Waals surface area contributed by atoms with E-state index in [1.165, 1.54) is 36.4 Å². The summed E-state index contributed by atoms with van der Waals surface area (Å²) in [6.07, 6.45) is -1.80. The average Bonchev–Trinajstić information content (AvgIpc) is 3.63. The fourth-order valence-electron chi connectivity index (χ4n) is 3.92. The van der Waals surface area contributed by atoms with Crippen molar-refractivity contribution in [3.05, 3.63) is 88.5 Å². The van der Waals surface area contributed by atoms with Crippen LogP contribution in [-0.2, 0) is 12.8 Å². The fraction of sp³-hybridized carbons (Fsp3) is 0.280. The van der Waals surface area contributed by atoms with Crippen LogP contribution in [0.1, 0.15) is 51.6 Å². The first-order valence-electron chi connectivity index (χ1n) is 10.5. The van der Waals surface area contributed by atoms with E-state index in [1.54, 1.807) is 19.1 Å². The molecule has 1 aliphatic rings. The van der Waals surface area contributed by atoms with Gasteiger partial charge in [0.05, 0.1) is 12.6 Å². The van der Waals surface area contributed by atoms with E-state index in [0.29, 0.717) is 11.1 Å². The molecule has 3 aromatic rings. The molecule has 0 bridgehead atoms. The van der Waals surface area contributed by atoms with Gasteiger partial charge in [-0.25, -0.2) is 4.39 Å². The molecule has 1 heterocycles. The molecule has 1 aliphatic carbocycles. The summed E-state index contributed by atoms with van der Waals surface area (Å²) in [4.78, 5) is 16.6. The molecule has 33 heavy (non-hydrogen) atoms. The van der Waals surface area contributed by atoms with Gasteiger partial charge in [-0.05, 0) is 78.3 Å². The van der Waals surface area contributed by atoms with Gasteiger partial charge in [0.2, 0.25) is 0 Å². The van der Waals surface area contributed by atoms with Crippen LogP contribution in [0.25, 0.3) is 11.1 Å². The predicted octanol–water partition coefficient (Wildman–Crippen LogP) is 5.59. The van der Waals surface area contributed by atoms with Crippen LogP contribution in [0.3, 0.4) is 0 Å². The lowest BCUT2D eigenvalue weighted by atomic mass is 9.97. The molecule has 172 valence electrons. The number of nitrogens with one attached hydrogen (secondary N) is 1. The number of aliphatic hydroxyl groups excluding tert-OH is 1. The van der Waals surface area contributed by atoms with Gasteiger partial charge in [0.15, 0.2) is 5.69 Å². The quantitative estimate of drug-likeness (QED) is 0.474. The first-order chi connectivity index (χ1) is 15.7. The number of hydrogen-bond donors (Lipinski definition) is 2. The average molecular weight is 458 g/mol. The molecule has 1 fully saturated rings. The summed E-state index contributed by atoms with van der Waals surface area (Å²) in [6.45, 7) is 1.20. The van der Waals surface area contributed by atoms with Crippen LogP contribution in [0.5, 0.6) is 0 Å². The molecule has 0 spiro atoms. The molecule has 1 saturated carbocycles. The fourth-order valence-corrected chi connectivity index (χ4v) is 3.92. The summed E-state index contributed by atoms with van der Waals surface area (Å²) in [5.74, 6) is -0.616. The number of amides is 1. The molecular formula is C25H22F4N2O2. The van der Waals surface area contributed by atoms with Gasteiger partial charge < -0.3 is 10.4 Å². The van der Waals surface area contributed by atoms with Crippen LogP contribution in [0.2, 0.25) is 0 Å². The first-order valence-corrected chi connectivity index (χ1v) is 10.5. The third kappa shape index (κ3) is 5.06. The normalized spacial score (nSPS) is 14.7. The van der Waals surface area contributed by atoms with Gasteiger partial charge >= 0.3 is 6.18 Å².